The molecule has 2 rings (SSSR count). The fraction of sp³-hybridized carbons (Fsp3) is 0. The summed E-state index contributed by atoms with van der Waals surface area (Å²) >= 11 is 11.7. The van der Waals surface area contributed by atoms with E-state index >= 15 is 0 Å². The first-order chi connectivity index (χ1) is 10.0. The standard InChI is InChI=1S/C13H10Cl2N4O2/c14-8-2-4-10(17-6-8)13(20)18-11-5-7(12(16)19-21)1-3-9(11)15/h1-6,21H,(H2,16,19)(H,18,20). The molecule has 1 amide bonds. The third-order valence-electron chi connectivity index (χ3n) is 2.58. The molecule has 0 radical (unpaired) electrons. The molecule has 1 aromatic heterocycles. The van der Waals surface area contributed by atoms with Crippen molar-refractivity contribution in [2.45, 2.75) is 0 Å². The lowest BCUT2D eigenvalue weighted by atomic mass is 10.2. The number of aromatic nitrogens is 1. The Hall–Kier alpha value is -2.31. The molecule has 0 saturated carbocycles. The highest BCUT2D eigenvalue weighted by Gasteiger charge is 2.11. The number of oxime groups is 1. The van der Waals surface area contributed by atoms with Crippen molar-refractivity contribution in [3.05, 3.63) is 57.8 Å². The number of anilines is 1. The molecule has 0 saturated heterocycles. The molecule has 0 aliphatic rings. The lowest BCUT2D eigenvalue weighted by molar-refractivity contribution is 0.102. The average molecular weight is 325 g/mol. The number of hydrogen-bond acceptors (Lipinski definition) is 4. The highest BCUT2D eigenvalue weighted by atomic mass is 35.5. The van der Waals surface area contributed by atoms with E-state index in [1.165, 1.54) is 24.4 Å². The smallest absolute Gasteiger partial charge is 0.274 e. The average Bonchev–Trinajstić information content (AvgIpc) is 2.49. The Bertz CT molecular complexity index is 702. The van der Waals surface area contributed by atoms with E-state index in [2.05, 4.69) is 15.5 Å². The Morgan fingerprint density at radius 3 is 2.67 bits per heavy atom. The van der Waals surface area contributed by atoms with Crippen LogP contribution in [0.4, 0.5) is 5.69 Å². The molecule has 1 aromatic carbocycles. The van der Waals surface area contributed by atoms with E-state index in [4.69, 9.17) is 34.1 Å². The normalized spacial score (nSPS) is 11.2. The van der Waals surface area contributed by atoms with Crippen molar-refractivity contribution >= 4 is 40.6 Å². The van der Waals surface area contributed by atoms with Gasteiger partial charge in [0.1, 0.15) is 5.69 Å². The van der Waals surface area contributed by atoms with Gasteiger partial charge in [-0.05, 0) is 30.3 Å². The number of carbonyl (C=O) groups excluding carboxylic acids is 1. The summed E-state index contributed by atoms with van der Waals surface area (Å²) in [5.74, 6) is -0.544. The molecule has 108 valence electrons. The summed E-state index contributed by atoms with van der Waals surface area (Å²) in [5, 5.41) is 14.9. The number of nitrogens with zero attached hydrogens (tertiary/aromatic N) is 2. The molecule has 4 N–H and O–H groups in total. The molecule has 2 aromatic rings. The highest BCUT2D eigenvalue weighted by Crippen LogP contribution is 2.23. The van der Waals surface area contributed by atoms with E-state index in [0.29, 0.717) is 21.3 Å². The quantitative estimate of drug-likeness (QED) is 0.349. The van der Waals surface area contributed by atoms with Gasteiger partial charge in [-0.1, -0.05) is 28.4 Å². The summed E-state index contributed by atoms with van der Waals surface area (Å²) in [6.45, 7) is 0. The van der Waals surface area contributed by atoms with Crippen LogP contribution in [0.3, 0.4) is 0 Å². The molecule has 8 heteroatoms. The minimum Gasteiger partial charge on any atom is -0.409 e. The third kappa shape index (κ3) is 3.62. The molecule has 1 heterocycles. The number of nitrogens with two attached hydrogens (primary N) is 1. The van der Waals surface area contributed by atoms with Gasteiger partial charge in [-0.15, -0.1) is 0 Å². The number of pyridine rings is 1. The molecule has 0 aliphatic heterocycles. The number of amides is 1. The fourth-order valence-corrected chi connectivity index (χ4v) is 1.81. The van der Waals surface area contributed by atoms with Gasteiger partial charge in [0.15, 0.2) is 5.84 Å². The number of rotatable bonds is 3. The Balaban J connectivity index is 2.26. The van der Waals surface area contributed by atoms with Gasteiger partial charge in [-0.2, -0.15) is 0 Å². The zero-order valence-electron chi connectivity index (χ0n) is 10.5. The van der Waals surface area contributed by atoms with Crippen molar-refractivity contribution in [2.24, 2.45) is 10.9 Å². The van der Waals surface area contributed by atoms with Gasteiger partial charge < -0.3 is 16.3 Å². The van der Waals surface area contributed by atoms with Crippen molar-refractivity contribution < 1.29 is 10.0 Å². The predicted octanol–water partition coefficient (Wildman–Crippen LogP) is 2.74. The Morgan fingerprint density at radius 2 is 2.05 bits per heavy atom. The van der Waals surface area contributed by atoms with E-state index in [-0.39, 0.29) is 11.5 Å². The lowest BCUT2D eigenvalue weighted by Gasteiger charge is -2.08. The van der Waals surface area contributed by atoms with Crippen LogP contribution in [-0.4, -0.2) is 21.9 Å². The number of benzene rings is 1. The Labute approximate surface area is 130 Å². The number of amidine groups is 1. The van der Waals surface area contributed by atoms with Gasteiger partial charge >= 0.3 is 0 Å². The molecule has 0 unspecified atom stereocenters. The zero-order valence-corrected chi connectivity index (χ0v) is 12.1. The van der Waals surface area contributed by atoms with Crippen molar-refractivity contribution in [1.29, 1.82) is 0 Å². The topological polar surface area (TPSA) is 101 Å². The number of carbonyl (C=O) groups is 1. The number of nitrogens with one attached hydrogen (secondary N) is 1. The second kappa shape index (κ2) is 6.43. The van der Waals surface area contributed by atoms with Gasteiger partial charge in [-0.3, -0.25) is 4.79 Å². The maximum absolute atomic E-state index is 12.0. The molecule has 0 bridgehead atoms. The first-order valence-corrected chi connectivity index (χ1v) is 6.47. The van der Waals surface area contributed by atoms with Crippen molar-refractivity contribution in [1.82, 2.24) is 4.98 Å². The van der Waals surface area contributed by atoms with Crippen molar-refractivity contribution in [3.63, 3.8) is 0 Å². The van der Waals surface area contributed by atoms with Crippen molar-refractivity contribution in [2.75, 3.05) is 5.32 Å². The predicted molar refractivity (Wildman–Crippen MR) is 81.2 cm³/mol. The molecular formula is C13H10Cl2N4O2. The Kier molecular flexibility index (Phi) is 4.62. The molecule has 0 fully saturated rings. The first kappa shape index (κ1) is 15.1. The second-order valence-electron chi connectivity index (χ2n) is 4.00. The summed E-state index contributed by atoms with van der Waals surface area (Å²) in [6.07, 6.45) is 1.37. The highest BCUT2D eigenvalue weighted by molar-refractivity contribution is 6.34. The molecule has 0 atom stereocenters. The van der Waals surface area contributed by atoms with Crippen LogP contribution < -0.4 is 11.1 Å². The Morgan fingerprint density at radius 1 is 1.29 bits per heavy atom. The summed E-state index contributed by atoms with van der Waals surface area (Å²) in [4.78, 5) is 15.9. The molecule has 0 aliphatic carbocycles. The summed E-state index contributed by atoms with van der Waals surface area (Å²) in [5.41, 5.74) is 6.41. The van der Waals surface area contributed by atoms with Crippen LogP contribution in [0.1, 0.15) is 16.1 Å². The fourth-order valence-electron chi connectivity index (χ4n) is 1.53. The largest absolute Gasteiger partial charge is 0.409 e. The first-order valence-electron chi connectivity index (χ1n) is 5.71. The summed E-state index contributed by atoms with van der Waals surface area (Å²) in [6, 6.07) is 7.62. The monoisotopic (exact) mass is 324 g/mol. The minimum absolute atomic E-state index is 0.0909. The SMILES string of the molecule is N/C(=N/O)c1ccc(Cl)c(NC(=O)c2ccc(Cl)cn2)c1. The van der Waals surface area contributed by atoms with E-state index < -0.39 is 5.91 Å². The zero-order chi connectivity index (χ0) is 15.4. The van der Waals surface area contributed by atoms with E-state index in [1.54, 1.807) is 12.1 Å². The maximum atomic E-state index is 12.0. The lowest BCUT2D eigenvalue weighted by Crippen LogP contribution is -2.16. The number of halogens is 2. The molecule has 0 spiro atoms. The van der Waals surface area contributed by atoms with E-state index in [1.807, 2.05) is 0 Å². The van der Waals surface area contributed by atoms with Crippen LogP contribution in [0.25, 0.3) is 0 Å². The van der Waals surface area contributed by atoms with Gasteiger partial charge in [0.05, 0.1) is 15.7 Å². The van der Waals surface area contributed by atoms with Crippen LogP contribution in [0.5, 0.6) is 0 Å². The van der Waals surface area contributed by atoms with Crippen LogP contribution in [0.15, 0.2) is 41.7 Å². The van der Waals surface area contributed by atoms with Gasteiger partial charge in [0, 0.05) is 11.8 Å². The van der Waals surface area contributed by atoms with Crippen LogP contribution >= 0.6 is 23.2 Å². The third-order valence-corrected chi connectivity index (χ3v) is 3.13. The van der Waals surface area contributed by atoms with E-state index in [9.17, 15) is 4.79 Å². The summed E-state index contributed by atoms with van der Waals surface area (Å²) < 4.78 is 0. The van der Waals surface area contributed by atoms with Gasteiger partial charge in [-0.25, -0.2) is 4.98 Å². The van der Waals surface area contributed by atoms with Gasteiger partial charge in [0.2, 0.25) is 0 Å². The van der Waals surface area contributed by atoms with Crippen LogP contribution in [0.2, 0.25) is 10.0 Å². The van der Waals surface area contributed by atoms with Crippen molar-refractivity contribution in [3.8, 4) is 0 Å². The molecule has 6 nitrogen and oxygen atoms in total. The molecule has 21 heavy (non-hydrogen) atoms. The summed E-state index contributed by atoms with van der Waals surface area (Å²) in [7, 11) is 0. The number of hydrogen-bond donors (Lipinski definition) is 3. The maximum Gasteiger partial charge on any atom is 0.274 e. The van der Waals surface area contributed by atoms with Crippen LogP contribution in [0, 0.1) is 0 Å². The minimum atomic E-state index is -0.453. The molecular weight excluding hydrogens is 315 g/mol. The second-order valence-corrected chi connectivity index (χ2v) is 4.84. The van der Waals surface area contributed by atoms with Crippen LogP contribution in [-0.2, 0) is 0 Å². The van der Waals surface area contributed by atoms with Gasteiger partial charge in [0.25, 0.3) is 5.91 Å². The van der Waals surface area contributed by atoms with E-state index in [0.717, 1.165) is 0 Å².